The summed E-state index contributed by atoms with van der Waals surface area (Å²) in [5, 5.41) is 3.93. The van der Waals surface area contributed by atoms with Crippen molar-refractivity contribution >= 4 is 54.8 Å². The van der Waals surface area contributed by atoms with Gasteiger partial charge in [-0.15, -0.1) is 11.3 Å². The molecule has 0 aliphatic rings. The van der Waals surface area contributed by atoms with E-state index in [-0.39, 0.29) is 17.6 Å². The molecule has 1 N–H and O–H groups in total. The number of nitrogens with one attached hydrogen (secondary N) is 1. The Labute approximate surface area is 156 Å². The van der Waals surface area contributed by atoms with Crippen LogP contribution in [0.15, 0.2) is 59.2 Å². The maximum absolute atomic E-state index is 12.7. The predicted octanol–water partition coefficient (Wildman–Crippen LogP) is 4.48. The van der Waals surface area contributed by atoms with Crippen molar-refractivity contribution in [3.63, 3.8) is 0 Å². The summed E-state index contributed by atoms with van der Waals surface area (Å²) in [5.74, 6) is -0.305. The first-order chi connectivity index (χ1) is 12.6. The second kappa shape index (κ2) is 6.74. The van der Waals surface area contributed by atoms with Gasteiger partial charge in [0.15, 0.2) is 10.9 Å². The van der Waals surface area contributed by atoms with Gasteiger partial charge >= 0.3 is 0 Å². The van der Waals surface area contributed by atoms with Crippen molar-refractivity contribution in [2.24, 2.45) is 0 Å². The van der Waals surface area contributed by atoms with Gasteiger partial charge in [0, 0.05) is 7.05 Å². The van der Waals surface area contributed by atoms with Gasteiger partial charge in [-0.1, -0.05) is 23.5 Å². The minimum absolute atomic E-state index is 0.174. The second-order valence-electron chi connectivity index (χ2n) is 5.42. The minimum Gasteiger partial charge on any atom is -0.459 e. The number of anilines is 2. The van der Waals surface area contributed by atoms with Crippen LogP contribution >= 0.6 is 22.7 Å². The fourth-order valence-corrected chi connectivity index (χ4v) is 4.16. The summed E-state index contributed by atoms with van der Waals surface area (Å²) < 4.78 is 6.08. The van der Waals surface area contributed by atoms with Crippen LogP contribution in [0.5, 0.6) is 0 Å². The molecule has 0 unspecified atom stereocenters. The number of hydrogen-bond donors (Lipinski definition) is 1. The number of carbonyl (C=O) groups is 2. The maximum Gasteiger partial charge on any atom is 0.291 e. The first-order valence-electron chi connectivity index (χ1n) is 7.70. The lowest BCUT2D eigenvalue weighted by Gasteiger charge is -2.11. The number of nitrogens with zero attached hydrogens (tertiary/aromatic N) is 2. The third-order valence-electron chi connectivity index (χ3n) is 3.67. The molecule has 0 fully saturated rings. The molecule has 8 heteroatoms. The first kappa shape index (κ1) is 16.5. The number of carbonyl (C=O) groups excluding carboxylic acids is 2. The van der Waals surface area contributed by atoms with Gasteiger partial charge in [-0.3, -0.25) is 14.5 Å². The molecule has 0 saturated heterocycles. The number of fused-ring (bicyclic) bond motifs is 1. The molecule has 0 radical (unpaired) electrons. The van der Waals surface area contributed by atoms with Gasteiger partial charge in [-0.2, -0.15) is 0 Å². The molecule has 26 heavy (non-hydrogen) atoms. The molecule has 2 amide bonds. The minimum atomic E-state index is -0.352. The van der Waals surface area contributed by atoms with Gasteiger partial charge in [-0.05, 0) is 36.4 Å². The van der Waals surface area contributed by atoms with E-state index in [9.17, 15) is 9.59 Å². The van der Waals surface area contributed by atoms with Crippen molar-refractivity contribution in [2.75, 3.05) is 17.3 Å². The van der Waals surface area contributed by atoms with Crippen LogP contribution in [0.3, 0.4) is 0 Å². The molecule has 6 nitrogen and oxygen atoms in total. The van der Waals surface area contributed by atoms with E-state index in [0.29, 0.717) is 15.0 Å². The number of amides is 2. The Hall–Kier alpha value is -2.97. The molecule has 0 aliphatic heterocycles. The van der Waals surface area contributed by atoms with Crippen LogP contribution < -0.4 is 10.2 Å². The van der Waals surface area contributed by atoms with Gasteiger partial charge < -0.3 is 9.73 Å². The highest BCUT2D eigenvalue weighted by Crippen LogP contribution is 2.30. The van der Waals surface area contributed by atoms with Crippen LogP contribution in [0, 0.1) is 0 Å². The van der Waals surface area contributed by atoms with Gasteiger partial charge in [0.05, 0.1) is 26.4 Å². The molecule has 0 atom stereocenters. The Bertz CT molecular complexity index is 1050. The Morgan fingerprint density at radius 3 is 2.69 bits per heavy atom. The predicted molar refractivity (Wildman–Crippen MR) is 103 cm³/mol. The Morgan fingerprint density at radius 2 is 1.92 bits per heavy atom. The van der Waals surface area contributed by atoms with E-state index in [1.54, 1.807) is 31.3 Å². The van der Waals surface area contributed by atoms with E-state index in [1.807, 2.05) is 24.3 Å². The van der Waals surface area contributed by atoms with Crippen molar-refractivity contribution in [1.82, 2.24) is 4.98 Å². The number of thiophene rings is 1. The number of benzene rings is 1. The summed E-state index contributed by atoms with van der Waals surface area (Å²) in [4.78, 5) is 31.3. The molecule has 0 spiro atoms. The number of para-hydroxylation sites is 1. The highest BCUT2D eigenvalue weighted by atomic mass is 32.1. The van der Waals surface area contributed by atoms with Crippen LogP contribution in [-0.4, -0.2) is 23.8 Å². The van der Waals surface area contributed by atoms with Gasteiger partial charge in [0.25, 0.3) is 11.8 Å². The van der Waals surface area contributed by atoms with Crippen LogP contribution in [0.2, 0.25) is 0 Å². The van der Waals surface area contributed by atoms with E-state index in [4.69, 9.17) is 4.42 Å². The van der Waals surface area contributed by atoms with Gasteiger partial charge in [0.1, 0.15) is 0 Å². The first-order valence-corrected chi connectivity index (χ1v) is 9.33. The molecule has 130 valence electrons. The van der Waals surface area contributed by atoms with E-state index in [1.165, 1.54) is 33.8 Å². The van der Waals surface area contributed by atoms with Crippen LogP contribution in [0.1, 0.15) is 20.2 Å². The summed E-state index contributed by atoms with van der Waals surface area (Å²) in [5.41, 5.74) is 0.865. The largest absolute Gasteiger partial charge is 0.459 e. The Morgan fingerprint density at radius 1 is 1.08 bits per heavy atom. The zero-order valence-electron chi connectivity index (χ0n) is 13.6. The number of hydrogen-bond acceptors (Lipinski definition) is 6. The van der Waals surface area contributed by atoms with E-state index < -0.39 is 0 Å². The molecular formula is C18H13N3O3S2. The maximum atomic E-state index is 12.7. The highest BCUT2D eigenvalue weighted by molar-refractivity contribution is 7.22. The molecule has 1 aromatic carbocycles. The standard InChI is InChI=1S/C18H13N3O3S2/c1-21(18-19-11-5-2-3-7-13(11)26-18)17(23)14-8-9-15(25-14)20-16(22)12-6-4-10-24-12/h2-10H,1H3,(H,20,22). The van der Waals surface area contributed by atoms with E-state index in [0.717, 1.165) is 10.2 Å². The van der Waals surface area contributed by atoms with Gasteiger partial charge in [-0.25, -0.2) is 4.98 Å². The third kappa shape index (κ3) is 3.12. The average Bonchev–Trinajstić information content (AvgIpc) is 3.39. The second-order valence-corrected chi connectivity index (χ2v) is 7.52. The molecule has 0 saturated carbocycles. The average molecular weight is 383 g/mol. The number of thiazole rings is 1. The summed E-state index contributed by atoms with van der Waals surface area (Å²) in [6, 6.07) is 14.4. The Balaban J connectivity index is 1.51. The zero-order valence-corrected chi connectivity index (χ0v) is 15.3. The smallest absolute Gasteiger partial charge is 0.291 e. The van der Waals surface area contributed by atoms with Crippen molar-refractivity contribution in [2.45, 2.75) is 0 Å². The molecule has 0 bridgehead atoms. The van der Waals surface area contributed by atoms with Crippen molar-refractivity contribution < 1.29 is 14.0 Å². The highest BCUT2D eigenvalue weighted by Gasteiger charge is 2.20. The number of aromatic nitrogens is 1. The SMILES string of the molecule is CN(C(=O)c1ccc(NC(=O)c2ccco2)s1)c1nc2ccccc2s1. The van der Waals surface area contributed by atoms with E-state index in [2.05, 4.69) is 10.3 Å². The quantitative estimate of drug-likeness (QED) is 0.564. The van der Waals surface area contributed by atoms with Crippen molar-refractivity contribution in [3.05, 3.63) is 65.4 Å². The lowest BCUT2D eigenvalue weighted by Crippen LogP contribution is -2.25. The van der Waals surface area contributed by atoms with Crippen molar-refractivity contribution in [3.8, 4) is 0 Å². The molecule has 3 aromatic heterocycles. The molecule has 3 heterocycles. The normalized spacial score (nSPS) is 10.8. The van der Waals surface area contributed by atoms with Crippen LogP contribution in [0.25, 0.3) is 10.2 Å². The van der Waals surface area contributed by atoms with E-state index >= 15 is 0 Å². The fourth-order valence-electron chi connectivity index (χ4n) is 2.36. The van der Waals surface area contributed by atoms with Gasteiger partial charge in [0.2, 0.25) is 0 Å². The molecule has 0 aliphatic carbocycles. The lowest BCUT2D eigenvalue weighted by atomic mass is 10.3. The molecular weight excluding hydrogens is 370 g/mol. The van der Waals surface area contributed by atoms with Crippen LogP contribution in [-0.2, 0) is 0 Å². The topological polar surface area (TPSA) is 75.4 Å². The lowest BCUT2D eigenvalue weighted by molar-refractivity contribution is 0.0989. The van der Waals surface area contributed by atoms with Crippen molar-refractivity contribution in [1.29, 1.82) is 0 Å². The summed E-state index contributed by atoms with van der Waals surface area (Å²) in [7, 11) is 1.70. The Kier molecular flexibility index (Phi) is 4.27. The van der Waals surface area contributed by atoms with Crippen LogP contribution in [0.4, 0.5) is 10.1 Å². The third-order valence-corrected chi connectivity index (χ3v) is 5.77. The monoisotopic (exact) mass is 383 g/mol. The zero-order chi connectivity index (χ0) is 18.1. The number of rotatable bonds is 4. The summed E-state index contributed by atoms with van der Waals surface area (Å²) in [6.07, 6.45) is 1.44. The number of furan rings is 1. The fraction of sp³-hybridized carbons (Fsp3) is 0.0556. The molecule has 4 rings (SSSR count). The molecule has 4 aromatic rings. The summed E-state index contributed by atoms with van der Waals surface area (Å²) >= 11 is 2.67. The summed E-state index contributed by atoms with van der Waals surface area (Å²) in [6.45, 7) is 0.